The van der Waals surface area contributed by atoms with Crippen molar-refractivity contribution in [3.63, 3.8) is 0 Å². The number of likely N-dealkylation sites (tertiary alicyclic amines) is 1. The summed E-state index contributed by atoms with van der Waals surface area (Å²) in [6, 6.07) is 13.1. The molecule has 1 amide bonds. The van der Waals surface area contributed by atoms with E-state index in [1.807, 2.05) is 36.4 Å². The van der Waals surface area contributed by atoms with Crippen molar-refractivity contribution in [3.8, 4) is 11.5 Å². The average Bonchev–Trinajstić information content (AvgIpc) is 3.65. The number of rotatable bonds is 7. The van der Waals surface area contributed by atoms with Crippen molar-refractivity contribution in [2.24, 2.45) is 17.3 Å². The molecule has 2 saturated heterocycles. The Labute approximate surface area is 265 Å². The molecule has 10 heteroatoms. The summed E-state index contributed by atoms with van der Waals surface area (Å²) in [5, 5.41) is 11.6. The third-order valence-corrected chi connectivity index (χ3v) is 10.9. The van der Waals surface area contributed by atoms with Crippen LogP contribution < -0.4 is 4.74 Å². The second-order valence-electron chi connectivity index (χ2n) is 15.4. The van der Waals surface area contributed by atoms with E-state index in [0.717, 1.165) is 18.4 Å². The number of phenolic OH excluding ortho intramolecular Hbond substituents is 1. The fourth-order valence-corrected chi connectivity index (χ4v) is 8.12. The van der Waals surface area contributed by atoms with Crippen LogP contribution in [0.15, 0.2) is 42.5 Å². The number of esters is 1. The van der Waals surface area contributed by atoms with E-state index in [1.165, 1.54) is 6.42 Å². The molecule has 9 nitrogen and oxygen atoms in total. The van der Waals surface area contributed by atoms with Crippen LogP contribution in [0.4, 0.5) is 4.79 Å². The highest BCUT2D eigenvalue weighted by atomic mass is 16.7. The SMILES string of the molecule is CC(C)(C)OC(=O)c1c(OC2CN(C(=O)OCc3ccccc3)C2)ccc(C2CC2B2O[C@@H]3C[C@@H]4C[C@@H](C4(C)C)[C@]3(C)O2)c1O. The Morgan fingerprint density at radius 3 is 2.47 bits per heavy atom. The monoisotopic (exact) mass is 617 g/mol. The van der Waals surface area contributed by atoms with Crippen LogP contribution in [0.5, 0.6) is 11.5 Å². The molecule has 2 bridgehead atoms. The van der Waals surface area contributed by atoms with Crippen LogP contribution in [0, 0.1) is 17.3 Å². The smallest absolute Gasteiger partial charge is 0.461 e. The minimum Gasteiger partial charge on any atom is -0.507 e. The van der Waals surface area contributed by atoms with Gasteiger partial charge < -0.3 is 33.5 Å². The van der Waals surface area contributed by atoms with Crippen LogP contribution in [-0.2, 0) is 25.4 Å². The van der Waals surface area contributed by atoms with E-state index in [9.17, 15) is 14.7 Å². The first-order valence-electron chi connectivity index (χ1n) is 16.3. The molecule has 240 valence electrons. The molecule has 6 atom stereocenters. The van der Waals surface area contributed by atoms with Gasteiger partial charge in [-0.15, -0.1) is 0 Å². The van der Waals surface area contributed by atoms with Gasteiger partial charge in [-0.2, -0.15) is 0 Å². The van der Waals surface area contributed by atoms with E-state index in [2.05, 4.69) is 20.8 Å². The van der Waals surface area contributed by atoms with Crippen molar-refractivity contribution in [2.45, 2.75) is 103 Å². The lowest BCUT2D eigenvalue weighted by atomic mass is 9.43. The van der Waals surface area contributed by atoms with Crippen LogP contribution in [0.1, 0.15) is 88.2 Å². The van der Waals surface area contributed by atoms with Gasteiger partial charge in [0.15, 0.2) is 0 Å². The molecule has 0 aromatic heterocycles. The van der Waals surface area contributed by atoms with Crippen LogP contribution in [-0.4, -0.2) is 65.7 Å². The van der Waals surface area contributed by atoms with E-state index in [-0.39, 0.29) is 65.7 Å². The molecule has 45 heavy (non-hydrogen) atoms. The molecular weight excluding hydrogens is 573 g/mol. The number of hydrogen-bond acceptors (Lipinski definition) is 8. The van der Waals surface area contributed by atoms with Gasteiger partial charge >= 0.3 is 19.2 Å². The molecule has 0 spiro atoms. The molecule has 6 fully saturated rings. The number of hydrogen-bond donors (Lipinski definition) is 1. The minimum absolute atomic E-state index is 0.00409. The number of nitrogens with zero attached hydrogens (tertiary/aromatic N) is 1. The molecule has 2 aliphatic heterocycles. The molecule has 6 aliphatic rings. The summed E-state index contributed by atoms with van der Waals surface area (Å²) in [4.78, 5) is 27.5. The summed E-state index contributed by atoms with van der Waals surface area (Å²) in [5.74, 6) is 0.703. The molecule has 8 rings (SSSR count). The summed E-state index contributed by atoms with van der Waals surface area (Å²) in [6.07, 6.45) is 2.34. The van der Waals surface area contributed by atoms with Gasteiger partial charge in [0.25, 0.3) is 0 Å². The summed E-state index contributed by atoms with van der Waals surface area (Å²) >= 11 is 0. The molecule has 1 N–H and O–H groups in total. The maximum Gasteiger partial charge on any atom is 0.461 e. The Bertz CT molecular complexity index is 1480. The highest BCUT2D eigenvalue weighted by Gasteiger charge is 2.70. The summed E-state index contributed by atoms with van der Waals surface area (Å²) < 4.78 is 30.5. The lowest BCUT2D eigenvalue weighted by Gasteiger charge is -2.64. The first kappa shape index (κ1) is 30.4. The molecule has 2 heterocycles. The van der Waals surface area contributed by atoms with Crippen molar-refractivity contribution in [1.82, 2.24) is 4.90 Å². The maximum atomic E-state index is 13.4. The average molecular weight is 618 g/mol. The largest absolute Gasteiger partial charge is 0.507 e. The number of aromatic hydroxyl groups is 1. The van der Waals surface area contributed by atoms with Gasteiger partial charge in [0, 0.05) is 5.82 Å². The van der Waals surface area contributed by atoms with Crippen LogP contribution in [0.3, 0.4) is 0 Å². The van der Waals surface area contributed by atoms with Gasteiger partial charge in [0.1, 0.15) is 35.4 Å². The summed E-state index contributed by atoms with van der Waals surface area (Å²) in [6.45, 7) is 13.1. The number of ether oxygens (including phenoxy) is 3. The van der Waals surface area contributed by atoms with Crippen molar-refractivity contribution >= 4 is 19.2 Å². The van der Waals surface area contributed by atoms with Crippen LogP contribution in [0.25, 0.3) is 0 Å². The van der Waals surface area contributed by atoms with E-state index in [4.69, 9.17) is 23.5 Å². The van der Waals surface area contributed by atoms with Crippen molar-refractivity contribution in [3.05, 3.63) is 59.2 Å². The molecule has 0 radical (unpaired) electrons. The number of phenols is 1. The zero-order valence-electron chi connectivity index (χ0n) is 27.1. The summed E-state index contributed by atoms with van der Waals surface area (Å²) in [7, 11) is -0.331. The lowest BCUT2D eigenvalue weighted by molar-refractivity contribution is -0.199. The Kier molecular flexibility index (Phi) is 7.21. The van der Waals surface area contributed by atoms with Gasteiger partial charge in [0.2, 0.25) is 0 Å². The number of carbonyl (C=O) groups is 2. The molecule has 2 aromatic carbocycles. The fourth-order valence-electron chi connectivity index (χ4n) is 8.12. The number of carbonyl (C=O) groups excluding carboxylic acids is 2. The Morgan fingerprint density at radius 2 is 1.78 bits per heavy atom. The zero-order valence-corrected chi connectivity index (χ0v) is 27.1. The van der Waals surface area contributed by atoms with Gasteiger partial charge in [0.05, 0.1) is 24.8 Å². The molecular formula is C35H44BNO8. The van der Waals surface area contributed by atoms with Crippen molar-refractivity contribution < 1.29 is 38.2 Å². The normalized spacial score (nSPS) is 31.4. The first-order chi connectivity index (χ1) is 21.2. The lowest BCUT2D eigenvalue weighted by Crippen LogP contribution is -2.65. The van der Waals surface area contributed by atoms with E-state index < -0.39 is 17.7 Å². The van der Waals surface area contributed by atoms with Gasteiger partial charge in [-0.1, -0.05) is 50.2 Å². The molecule has 2 unspecified atom stereocenters. The van der Waals surface area contributed by atoms with Crippen molar-refractivity contribution in [2.75, 3.05) is 13.1 Å². The first-order valence-corrected chi connectivity index (χ1v) is 16.3. The van der Waals surface area contributed by atoms with E-state index >= 15 is 0 Å². The standard InChI is InChI=1S/C35H44BNO8/c1-33(2,3)43-31(39)29-26(42-22-17-37(18-22)32(40)41-19-20-10-8-7-9-11-20)13-12-23(30(29)38)24-16-25(24)36-44-28-15-21-14-27(34(21,4)5)35(28,6)45-36/h7-13,21-22,24-25,27-28,38H,14-19H2,1-6H3/t21-,24?,25?,27-,28+,35-/m0/s1. The number of benzene rings is 2. The van der Waals surface area contributed by atoms with Gasteiger partial charge in [-0.3, -0.25) is 0 Å². The Morgan fingerprint density at radius 1 is 1.04 bits per heavy atom. The fraction of sp³-hybridized carbons (Fsp3) is 0.600. The highest BCUT2D eigenvalue weighted by molar-refractivity contribution is 6.49. The highest BCUT2D eigenvalue weighted by Crippen LogP contribution is 2.68. The van der Waals surface area contributed by atoms with Crippen LogP contribution >= 0.6 is 0 Å². The molecule has 4 aliphatic carbocycles. The topological polar surface area (TPSA) is 104 Å². The van der Waals surface area contributed by atoms with E-state index in [1.54, 1.807) is 31.7 Å². The Balaban J connectivity index is 1.03. The van der Waals surface area contributed by atoms with Crippen LogP contribution in [0.2, 0.25) is 5.82 Å². The maximum absolute atomic E-state index is 13.4. The Hall–Kier alpha value is -3.24. The zero-order chi connectivity index (χ0) is 31.9. The predicted octanol–water partition coefficient (Wildman–Crippen LogP) is 6.33. The molecule has 4 saturated carbocycles. The van der Waals surface area contributed by atoms with Gasteiger partial charge in [-0.25, -0.2) is 9.59 Å². The van der Waals surface area contributed by atoms with E-state index in [0.29, 0.717) is 30.5 Å². The predicted molar refractivity (Wildman–Crippen MR) is 167 cm³/mol. The quantitative estimate of drug-likeness (QED) is 0.284. The molecule has 2 aromatic rings. The van der Waals surface area contributed by atoms with Gasteiger partial charge in [-0.05, 0) is 87.3 Å². The minimum atomic E-state index is -0.763. The second-order valence-corrected chi connectivity index (χ2v) is 15.4. The third kappa shape index (κ3) is 5.37. The third-order valence-electron chi connectivity index (χ3n) is 10.9. The second kappa shape index (κ2) is 10.7. The number of amides is 1. The van der Waals surface area contributed by atoms with Crippen molar-refractivity contribution in [1.29, 1.82) is 0 Å². The summed E-state index contributed by atoms with van der Waals surface area (Å²) in [5.41, 5.74) is 0.805.